The van der Waals surface area contributed by atoms with Gasteiger partial charge in [0.1, 0.15) is 11.3 Å². The van der Waals surface area contributed by atoms with E-state index in [0.29, 0.717) is 12.8 Å². The van der Waals surface area contributed by atoms with Crippen LogP contribution < -0.4 is 10.1 Å². The largest absolute Gasteiger partial charge is 0.495 e. The van der Waals surface area contributed by atoms with Gasteiger partial charge >= 0.3 is 0 Å². The molecule has 4 nitrogen and oxygen atoms in total. The summed E-state index contributed by atoms with van der Waals surface area (Å²) >= 11 is 0. The minimum absolute atomic E-state index is 0.0746. The molecule has 0 spiro atoms. The first-order chi connectivity index (χ1) is 9.08. The molecular weight excluding hydrogens is 240 g/mol. The highest BCUT2D eigenvalue weighted by molar-refractivity contribution is 5.59. The fourth-order valence-electron chi connectivity index (χ4n) is 2.78. The van der Waals surface area contributed by atoms with E-state index in [0.717, 1.165) is 11.4 Å². The number of methoxy groups -OCH3 is 1. The van der Waals surface area contributed by atoms with Gasteiger partial charge in [-0.15, -0.1) is 0 Å². The Labute approximate surface area is 114 Å². The Balaban J connectivity index is 2.26. The fraction of sp³-hybridized carbons (Fsp3) is 0.533. The van der Waals surface area contributed by atoms with Gasteiger partial charge < -0.3 is 14.8 Å². The van der Waals surface area contributed by atoms with Crippen LogP contribution in [0.2, 0.25) is 0 Å². The molecule has 1 heterocycles. The van der Waals surface area contributed by atoms with Crippen molar-refractivity contribution in [2.24, 2.45) is 0 Å². The van der Waals surface area contributed by atoms with Gasteiger partial charge in [-0.05, 0) is 26.0 Å². The molecule has 1 N–H and O–H groups in total. The molecule has 0 bridgehead atoms. The van der Waals surface area contributed by atoms with Crippen LogP contribution in [0.3, 0.4) is 0 Å². The average molecular weight is 260 g/mol. The van der Waals surface area contributed by atoms with Crippen molar-refractivity contribution in [3.05, 3.63) is 24.3 Å². The van der Waals surface area contributed by atoms with Crippen LogP contribution in [0, 0.1) is 11.3 Å². The van der Waals surface area contributed by atoms with Gasteiger partial charge in [-0.1, -0.05) is 12.1 Å². The number of hydrogen-bond acceptors (Lipinski definition) is 4. The van der Waals surface area contributed by atoms with E-state index >= 15 is 0 Å². The number of rotatable bonds is 3. The van der Waals surface area contributed by atoms with Gasteiger partial charge in [0.15, 0.2) is 0 Å². The molecule has 1 aromatic carbocycles. The Morgan fingerprint density at radius 3 is 2.53 bits per heavy atom. The number of ether oxygens (including phenoxy) is 2. The zero-order valence-electron chi connectivity index (χ0n) is 11.6. The minimum atomic E-state index is -0.592. The molecule has 0 amide bonds. The van der Waals surface area contributed by atoms with Crippen LogP contribution >= 0.6 is 0 Å². The summed E-state index contributed by atoms with van der Waals surface area (Å²) in [5.74, 6) is 0.754. The Kier molecular flexibility index (Phi) is 3.96. The Morgan fingerprint density at radius 1 is 1.32 bits per heavy atom. The van der Waals surface area contributed by atoms with Gasteiger partial charge in [0.25, 0.3) is 0 Å². The van der Waals surface area contributed by atoms with Gasteiger partial charge in [0.05, 0.1) is 31.1 Å². The van der Waals surface area contributed by atoms with Crippen LogP contribution in [0.15, 0.2) is 24.3 Å². The maximum absolute atomic E-state index is 9.59. The molecular formula is C15H20N2O2. The summed E-state index contributed by atoms with van der Waals surface area (Å²) in [7, 11) is 1.63. The van der Waals surface area contributed by atoms with Crippen LogP contribution in [0.1, 0.15) is 26.7 Å². The first-order valence-corrected chi connectivity index (χ1v) is 6.56. The summed E-state index contributed by atoms with van der Waals surface area (Å²) < 4.78 is 11.0. The third kappa shape index (κ3) is 2.99. The van der Waals surface area contributed by atoms with E-state index in [2.05, 4.69) is 11.4 Å². The van der Waals surface area contributed by atoms with Gasteiger partial charge in [-0.25, -0.2) is 0 Å². The number of para-hydroxylation sites is 2. The molecule has 0 aliphatic carbocycles. The van der Waals surface area contributed by atoms with E-state index in [-0.39, 0.29) is 12.2 Å². The first kappa shape index (κ1) is 13.7. The third-order valence-electron chi connectivity index (χ3n) is 3.43. The van der Waals surface area contributed by atoms with E-state index in [1.165, 1.54) is 0 Å². The van der Waals surface area contributed by atoms with E-state index in [4.69, 9.17) is 9.47 Å². The van der Waals surface area contributed by atoms with E-state index in [1.54, 1.807) is 7.11 Å². The summed E-state index contributed by atoms with van der Waals surface area (Å²) in [5.41, 5.74) is 0.263. The summed E-state index contributed by atoms with van der Waals surface area (Å²) in [6.45, 7) is 4.01. The monoisotopic (exact) mass is 260 g/mol. The molecule has 102 valence electrons. The molecule has 4 heteroatoms. The molecule has 1 aliphatic rings. The van der Waals surface area contributed by atoms with E-state index in [9.17, 15) is 5.26 Å². The summed E-state index contributed by atoms with van der Waals surface area (Å²) in [5, 5.41) is 13.0. The molecule has 1 fully saturated rings. The Morgan fingerprint density at radius 2 is 1.95 bits per heavy atom. The second-order valence-corrected chi connectivity index (χ2v) is 5.18. The number of benzene rings is 1. The number of nitrogens with zero attached hydrogens (tertiary/aromatic N) is 1. The summed E-state index contributed by atoms with van der Waals surface area (Å²) in [6, 6.07) is 10.1. The molecule has 1 aromatic rings. The number of hydrogen-bond donors (Lipinski definition) is 1. The van der Waals surface area contributed by atoms with Crippen molar-refractivity contribution >= 4 is 5.69 Å². The lowest BCUT2D eigenvalue weighted by Crippen LogP contribution is -2.48. The number of anilines is 1. The van der Waals surface area contributed by atoms with Crippen LogP contribution in [0.5, 0.6) is 5.75 Å². The van der Waals surface area contributed by atoms with E-state index in [1.807, 2.05) is 38.1 Å². The molecule has 1 saturated heterocycles. The highest BCUT2D eigenvalue weighted by Gasteiger charge is 2.39. The molecule has 0 radical (unpaired) electrons. The topological polar surface area (TPSA) is 54.3 Å². The summed E-state index contributed by atoms with van der Waals surface area (Å²) in [6.07, 6.45) is 1.49. The zero-order valence-corrected chi connectivity index (χ0v) is 11.6. The second kappa shape index (κ2) is 5.50. The van der Waals surface area contributed by atoms with Crippen molar-refractivity contribution in [3.8, 4) is 11.8 Å². The highest BCUT2D eigenvalue weighted by atomic mass is 16.5. The van der Waals surface area contributed by atoms with Crippen molar-refractivity contribution in [2.75, 3.05) is 12.4 Å². The standard InChI is InChI=1S/C15H20N2O2/c1-11-8-15(10-16,9-12(2)19-11)17-13-6-4-5-7-14(13)18-3/h4-7,11-12,17H,8-9H2,1-3H3. The van der Waals surface area contributed by atoms with E-state index < -0.39 is 5.54 Å². The lowest BCUT2D eigenvalue weighted by atomic mass is 9.85. The van der Waals surface area contributed by atoms with Crippen molar-refractivity contribution in [2.45, 2.75) is 44.4 Å². The SMILES string of the molecule is COc1ccccc1NC1(C#N)CC(C)OC(C)C1. The normalized spacial score (nSPS) is 30.4. The first-order valence-electron chi connectivity index (χ1n) is 6.56. The maximum Gasteiger partial charge on any atom is 0.141 e. The molecule has 1 aliphatic heterocycles. The molecule has 0 aromatic heterocycles. The molecule has 0 saturated carbocycles. The summed E-state index contributed by atoms with van der Waals surface area (Å²) in [4.78, 5) is 0. The van der Waals surface area contributed by atoms with Gasteiger partial charge in [-0.3, -0.25) is 0 Å². The van der Waals surface area contributed by atoms with Crippen molar-refractivity contribution in [1.29, 1.82) is 5.26 Å². The van der Waals surface area contributed by atoms with Crippen molar-refractivity contribution < 1.29 is 9.47 Å². The predicted molar refractivity (Wildman–Crippen MR) is 74.2 cm³/mol. The zero-order chi connectivity index (χ0) is 13.9. The highest BCUT2D eigenvalue weighted by Crippen LogP contribution is 2.34. The predicted octanol–water partition coefficient (Wildman–Crippen LogP) is 2.96. The Bertz CT molecular complexity index is 471. The quantitative estimate of drug-likeness (QED) is 0.907. The molecule has 19 heavy (non-hydrogen) atoms. The third-order valence-corrected chi connectivity index (χ3v) is 3.43. The molecule has 2 atom stereocenters. The van der Waals surface area contributed by atoms with Crippen LogP contribution in [-0.4, -0.2) is 24.9 Å². The van der Waals surface area contributed by atoms with Crippen LogP contribution in [0.25, 0.3) is 0 Å². The van der Waals surface area contributed by atoms with Gasteiger partial charge in [0.2, 0.25) is 0 Å². The van der Waals surface area contributed by atoms with Gasteiger partial charge in [-0.2, -0.15) is 5.26 Å². The minimum Gasteiger partial charge on any atom is -0.495 e. The molecule has 2 unspecified atom stereocenters. The van der Waals surface area contributed by atoms with Crippen LogP contribution in [-0.2, 0) is 4.74 Å². The number of nitriles is 1. The van der Waals surface area contributed by atoms with Crippen LogP contribution in [0.4, 0.5) is 5.69 Å². The number of nitrogens with one attached hydrogen (secondary N) is 1. The Hall–Kier alpha value is -1.73. The second-order valence-electron chi connectivity index (χ2n) is 5.18. The fourth-order valence-corrected chi connectivity index (χ4v) is 2.78. The molecule has 2 rings (SSSR count). The average Bonchev–Trinajstić information content (AvgIpc) is 2.38. The maximum atomic E-state index is 9.59. The lowest BCUT2D eigenvalue weighted by molar-refractivity contribution is -0.0452. The van der Waals surface area contributed by atoms with Crippen molar-refractivity contribution in [1.82, 2.24) is 0 Å². The van der Waals surface area contributed by atoms with Gasteiger partial charge in [0, 0.05) is 12.8 Å². The van der Waals surface area contributed by atoms with Crippen molar-refractivity contribution in [3.63, 3.8) is 0 Å². The smallest absolute Gasteiger partial charge is 0.141 e. The lowest BCUT2D eigenvalue weighted by Gasteiger charge is -2.39.